The van der Waals surface area contributed by atoms with Gasteiger partial charge in [0.05, 0.1) is 20.9 Å². The fourth-order valence-electron chi connectivity index (χ4n) is 3.82. The Bertz CT molecular complexity index is 1280. The van der Waals surface area contributed by atoms with Crippen molar-refractivity contribution in [2.75, 3.05) is 19.5 Å². The van der Waals surface area contributed by atoms with Gasteiger partial charge >= 0.3 is 6.18 Å². The van der Waals surface area contributed by atoms with Crippen molar-refractivity contribution in [3.05, 3.63) is 41.6 Å². The van der Waals surface area contributed by atoms with Crippen LogP contribution in [0.15, 0.2) is 40.3 Å². The Balaban J connectivity index is 1.99. The molecule has 0 spiro atoms. The number of methoxy groups -OCH3 is 1. The van der Waals surface area contributed by atoms with Crippen LogP contribution in [0.1, 0.15) is 37.1 Å². The summed E-state index contributed by atoms with van der Waals surface area (Å²) in [7, 11) is -7.48. The number of ether oxygens (including phenoxy) is 2. The molecule has 0 bridgehead atoms. The number of halogens is 5. The molecule has 1 aromatic heterocycles. The number of hydrogen-bond acceptors (Lipinski definition) is 7. The van der Waals surface area contributed by atoms with Crippen LogP contribution in [-0.4, -0.2) is 57.3 Å². The smallest absolute Gasteiger partial charge is 0.372 e. The summed E-state index contributed by atoms with van der Waals surface area (Å²) < 4.78 is 126. The minimum absolute atomic E-state index is 0.0446. The van der Waals surface area contributed by atoms with Crippen LogP contribution in [-0.2, 0) is 42.1 Å². The van der Waals surface area contributed by atoms with Crippen LogP contribution in [0.2, 0.25) is 0 Å². The van der Waals surface area contributed by atoms with Gasteiger partial charge in [-0.25, -0.2) is 30.3 Å². The van der Waals surface area contributed by atoms with Gasteiger partial charge < -0.3 is 9.47 Å². The predicted molar refractivity (Wildman–Crippen MR) is 112 cm³/mol. The van der Waals surface area contributed by atoms with Crippen molar-refractivity contribution in [1.82, 2.24) is 9.78 Å². The highest BCUT2D eigenvalue weighted by molar-refractivity contribution is 7.92. The summed E-state index contributed by atoms with van der Waals surface area (Å²) in [5, 5.41) is 3.17. The monoisotopic (exact) mass is 546 g/mol. The fraction of sp³-hybridized carbons (Fsp3) is 0.550. The highest BCUT2D eigenvalue weighted by Gasteiger charge is 2.46. The van der Waals surface area contributed by atoms with E-state index in [0.717, 1.165) is 28.9 Å². The molecule has 0 radical (unpaired) electrons. The molecule has 0 amide bonds. The summed E-state index contributed by atoms with van der Waals surface area (Å²) in [6.45, 7) is 0.969. The molecule has 1 aliphatic rings. The van der Waals surface area contributed by atoms with E-state index >= 15 is 0 Å². The SMILES string of the molecule is COCn1nc(S(=O)(=O)CC(F)F)cc1C1CC(C)(S(=O)(=O)c2cccc(C(F)(F)F)c2)CCO1. The molecule has 2 atom stereocenters. The molecule has 0 N–H and O–H groups in total. The lowest BCUT2D eigenvalue weighted by Gasteiger charge is -2.37. The summed E-state index contributed by atoms with van der Waals surface area (Å²) >= 11 is 0. The Kier molecular flexibility index (Phi) is 7.65. The van der Waals surface area contributed by atoms with Crippen molar-refractivity contribution < 1.29 is 48.3 Å². The van der Waals surface area contributed by atoms with Crippen molar-refractivity contribution >= 4 is 19.7 Å². The summed E-state index contributed by atoms with van der Waals surface area (Å²) in [5.41, 5.74) is -1.04. The summed E-state index contributed by atoms with van der Waals surface area (Å²) in [6.07, 6.45) is -9.22. The molecule has 1 aromatic carbocycles. The molecule has 1 aliphatic heterocycles. The van der Waals surface area contributed by atoms with E-state index < -0.39 is 64.4 Å². The third kappa shape index (κ3) is 5.67. The number of alkyl halides is 5. The van der Waals surface area contributed by atoms with Gasteiger partial charge in [0.15, 0.2) is 14.9 Å². The molecule has 35 heavy (non-hydrogen) atoms. The van der Waals surface area contributed by atoms with Crippen molar-refractivity contribution in [2.45, 2.75) is 59.9 Å². The van der Waals surface area contributed by atoms with Gasteiger partial charge in [-0.3, -0.25) is 0 Å². The van der Waals surface area contributed by atoms with Crippen molar-refractivity contribution in [2.24, 2.45) is 0 Å². The molecule has 1 saturated heterocycles. The van der Waals surface area contributed by atoms with Gasteiger partial charge in [-0.05, 0) is 38.0 Å². The van der Waals surface area contributed by atoms with Crippen LogP contribution < -0.4 is 0 Å². The van der Waals surface area contributed by atoms with Crippen LogP contribution in [0.5, 0.6) is 0 Å². The molecular formula is C20H23F5N2O6S2. The van der Waals surface area contributed by atoms with E-state index in [0.29, 0.717) is 6.07 Å². The third-order valence-corrected chi connectivity index (χ3v) is 9.79. The maximum Gasteiger partial charge on any atom is 0.416 e. The minimum atomic E-state index is -4.74. The van der Waals surface area contributed by atoms with Gasteiger partial charge in [-0.1, -0.05) is 6.07 Å². The van der Waals surface area contributed by atoms with E-state index in [2.05, 4.69) is 5.10 Å². The molecule has 2 unspecified atom stereocenters. The quantitative estimate of drug-likeness (QED) is 0.466. The molecule has 2 heterocycles. The molecule has 8 nitrogen and oxygen atoms in total. The second-order valence-corrected chi connectivity index (χ2v) is 12.7. The van der Waals surface area contributed by atoms with Crippen molar-refractivity contribution in [3.8, 4) is 0 Å². The second kappa shape index (κ2) is 9.75. The number of rotatable bonds is 8. The third-order valence-electron chi connectivity index (χ3n) is 5.72. The molecule has 196 valence electrons. The number of benzene rings is 1. The Morgan fingerprint density at radius 2 is 1.91 bits per heavy atom. The molecule has 2 aromatic rings. The normalized spacial score (nSPS) is 22.0. The average molecular weight is 547 g/mol. The molecule has 0 aliphatic carbocycles. The zero-order chi connectivity index (χ0) is 26.2. The first-order valence-electron chi connectivity index (χ1n) is 10.2. The highest BCUT2D eigenvalue weighted by Crippen LogP contribution is 2.43. The molecule has 1 fully saturated rings. The fourth-order valence-corrected chi connectivity index (χ4v) is 6.68. The second-order valence-electron chi connectivity index (χ2n) is 8.29. The number of nitrogens with zero attached hydrogens (tertiary/aromatic N) is 2. The maximum atomic E-state index is 13.4. The topological polar surface area (TPSA) is 105 Å². The number of sulfone groups is 2. The first-order valence-corrected chi connectivity index (χ1v) is 13.4. The van der Waals surface area contributed by atoms with E-state index in [1.165, 1.54) is 14.0 Å². The average Bonchev–Trinajstić information content (AvgIpc) is 3.18. The minimum Gasteiger partial charge on any atom is -0.372 e. The van der Waals surface area contributed by atoms with E-state index in [-0.39, 0.29) is 31.9 Å². The van der Waals surface area contributed by atoms with Crippen LogP contribution in [0.3, 0.4) is 0 Å². The molecule has 0 saturated carbocycles. The zero-order valence-corrected chi connectivity index (χ0v) is 20.3. The van der Waals surface area contributed by atoms with Gasteiger partial charge in [0.2, 0.25) is 9.84 Å². The van der Waals surface area contributed by atoms with Gasteiger partial charge in [0.1, 0.15) is 18.6 Å². The summed E-state index contributed by atoms with van der Waals surface area (Å²) in [4.78, 5) is -0.513. The Hall–Kier alpha value is -2.10. The highest BCUT2D eigenvalue weighted by atomic mass is 32.2. The Morgan fingerprint density at radius 3 is 2.51 bits per heavy atom. The van der Waals surface area contributed by atoms with Gasteiger partial charge in [-0.2, -0.15) is 18.3 Å². The molecule has 15 heteroatoms. The van der Waals surface area contributed by atoms with Gasteiger partial charge in [0.25, 0.3) is 6.43 Å². The summed E-state index contributed by atoms with van der Waals surface area (Å²) in [5.74, 6) is -1.45. The van der Waals surface area contributed by atoms with Crippen molar-refractivity contribution in [3.63, 3.8) is 0 Å². The van der Waals surface area contributed by atoms with Gasteiger partial charge in [0, 0.05) is 19.8 Å². The Labute approximate surface area is 198 Å². The van der Waals surface area contributed by atoms with Crippen LogP contribution in [0.25, 0.3) is 0 Å². The number of hydrogen-bond donors (Lipinski definition) is 0. The maximum absolute atomic E-state index is 13.4. The Morgan fingerprint density at radius 1 is 1.23 bits per heavy atom. The van der Waals surface area contributed by atoms with Crippen LogP contribution in [0.4, 0.5) is 22.0 Å². The largest absolute Gasteiger partial charge is 0.416 e. The molecular weight excluding hydrogens is 523 g/mol. The first kappa shape index (κ1) is 27.5. The van der Waals surface area contributed by atoms with E-state index in [1.54, 1.807) is 0 Å². The lowest BCUT2D eigenvalue weighted by atomic mass is 9.95. The van der Waals surface area contributed by atoms with Gasteiger partial charge in [-0.15, -0.1) is 0 Å². The summed E-state index contributed by atoms with van der Waals surface area (Å²) in [6, 6.07) is 4.42. The number of aromatic nitrogens is 2. The van der Waals surface area contributed by atoms with Crippen LogP contribution in [0, 0.1) is 0 Å². The lowest BCUT2D eigenvalue weighted by molar-refractivity contribution is -0.137. The van der Waals surface area contributed by atoms with Crippen LogP contribution >= 0.6 is 0 Å². The van der Waals surface area contributed by atoms with Crippen molar-refractivity contribution in [1.29, 1.82) is 0 Å². The van der Waals surface area contributed by atoms with E-state index in [4.69, 9.17) is 9.47 Å². The predicted octanol–water partition coefficient (Wildman–Crippen LogP) is 3.63. The standard InChI is InChI=1S/C20H23F5N2O6S2/c1-19(35(30,31)14-5-3-4-13(8-14)20(23,24)25)6-7-33-16(10-19)15-9-18(26-27(15)12-32-2)34(28,29)11-17(21)22/h3-5,8-9,16-17H,6-7,10-12H2,1-2H3. The first-order chi connectivity index (χ1) is 16.1. The van der Waals surface area contributed by atoms with E-state index in [9.17, 15) is 38.8 Å². The lowest BCUT2D eigenvalue weighted by Crippen LogP contribution is -2.42. The van der Waals surface area contributed by atoms with E-state index in [1.807, 2.05) is 0 Å². The molecule has 3 rings (SSSR count). The zero-order valence-electron chi connectivity index (χ0n) is 18.6.